The van der Waals surface area contributed by atoms with E-state index in [1.807, 2.05) is 12.1 Å². The lowest BCUT2D eigenvalue weighted by Gasteiger charge is -2.38. The summed E-state index contributed by atoms with van der Waals surface area (Å²) in [6.07, 6.45) is 2.24. The number of anilines is 1. The van der Waals surface area contributed by atoms with Crippen LogP contribution in [0.5, 0.6) is 0 Å². The fraction of sp³-hybridized carbons (Fsp3) is 0.600. The van der Waals surface area contributed by atoms with Crippen molar-refractivity contribution in [1.29, 1.82) is 0 Å². The minimum atomic E-state index is -0.373. The van der Waals surface area contributed by atoms with Gasteiger partial charge in [0.15, 0.2) is 0 Å². The van der Waals surface area contributed by atoms with Crippen LogP contribution in [-0.2, 0) is 0 Å². The van der Waals surface area contributed by atoms with Gasteiger partial charge in [0.05, 0.1) is 6.10 Å². The Labute approximate surface area is 104 Å². The molecule has 0 saturated carbocycles. The molecule has 0 aromatic heterocycles. The van der Waals surface area contributed by atoms with Gasteiger partial charge in [0, 0.05) is 18.3 Å². The molecular formula is C15H23NO. The molecule has 0 aliphatic carbocycles. The first-order chi connectivity index (χ1) is 8.08. The van der Waals surface area contributed by atoms with E-state index in [-0.39, 0.29) is 6.10 Å². The summed E-state index contributed by atoms with van der Waals surface area (Å²) in [5.74, 6) is 0.780. The van der Waals surface area contributed by atoms with E-state index in [0.717, 1.165) is 18.0 Å². The highest BCUT2D eigenvalue weighted by Gasteiger charge is 2.22. The Balaban J connectivity index is 2.15. The predicted octanol–water partition coefficient (Wildman–Crippen LogP) is 3.36. The van der Waals surface area contributed by atoms with Crippen LogP contribution in [-0.4, -0.2) is 17.7 Å². The van der Waals surface area contributed by atoms with Crippen molar-refractivity contribution < 1.29 is 5.11 Å². The maximum absolute atomic E-state index is 9.51. The molecule has 0 spiro atoms. The van der Waals surface area contributed by atoms with E-state index in [1.54, 1.807) is 6.92 Å². The lowest BCUT2D eigenvalue weighted by molar-refractivity contribution is 0.199. The van der Waals surface area contributed by atoms with Crippen molar-refractivity contribution in [3.05, 3.63) is 29.8 Å². The highest BCUT2D eigenvalue weighted by Crippen LogP contribution is 2.28. The zero-order chi connectivity index (χ0) is 12.4. The van der Waals surface area contributed by atoms with Crippen LogP contribution < -0.4 is 4.90 Å². The Morgan fingerprint density at radius 3 is 2.41 bits per heavy atom. The van der Waals surface area contributed by atoms with E-state index in [2.05, 4.69) is 30.9 Å². The van der Waals surface area contributed by atoms with Crippen molar-refractivity contribution in [3.8, 4) is 0 Å². The van der Waals surface area contributed by atoms with Crippen molar-refractivity contribution in [1.82, 2.24) is 0 Å². The first-order valence-corrected chi connectivity index (χ1v) is 6.62. The van der Waals surface area contributed by atoms with Gasteiger partial charge >= 0.3 is 0 Å². The van der Waals surface area contributed by atoms with Crippen LogP contribution in [0.2, 0.25) is 0 Å². The maximum Gasteiger partial charge on any atom is 0.0761 e. The summed E-state index contributed by atoms with van der Waals surface area (Å²) in [5, 5.41) is 9.51. The van der Waals surface area contributed by atoms with Gasteiger partial charge in [-0.15, -0.1) is 0 Å². The van der Waals surface area contributed by atoms with Gasteiger partial charge in [-0.2, -0.15) is 0 Å². The second-order valence-electron chi connectivity index (χ2n) is 5.45. The van der Waals surface area contributed by atoms with E-state index in [9.17, 15) is 5.11 Å². The molecule has 94 valence electrons. The van der Waals surface area contributed by atoms with Gasteiger partial charge in [-0.25, -0.2) is 0 Å². The molecule has 3 atom stereocenters. The molecule has 0 amide bonds. The highest BCUT2D eigenvalue weighted by molar-refractivity contribution is 5.49. The molecular weight excluding hydrogens is 210 g/mol. The van der Waals surface area contributed by atoms with Crippen LogP contribution in [0.3, 0.4) is 0 Å². The fourth-order valence-electron chi connectivity index (χ4n) is 2.59. The SMILES string of the molecule is CC1CCC(C)N(c2ccc([C@H](C)O)cc2)C1. The molecule has 1 aromatic rings. The molecule has 0 bridgehead atoms. The van der Waals surface area contributed by atoms with E-state index >= 15 is 0 Å². The standard InChI is InChI=1S/C15H23NO/c1-11-4-5-12(2)16(10-11)15-8-6-14(7-9-15)13(3)17/h6-9,11-13,17H,4-5,10H2,1-3H3/t11?,12?,13-/m0/s1. The van der Waals surface area contributed by atoms with Gasteiger partial charge in [-0.1, -0.05) is 19.1 Å². The van der Waals surface area contributed by atoms with Crippen LogP contribution in [0, 0.1) is 5.92 Å². The maximum atomic E-state index is 9.51. The second-order valence-corrected chi connectivity index (χ2v) is 5.45. The summed E-state index contributed by atoms with van der Waals surface area (Å²) in [7, 11) is 0. The summed E-state index contributed by atoms with van der Waals surface area (Å²) >= 11 is 0. The number of hydrogen-bond donors (Lipinski definition) is 1. The van der Waals surface area contributed by atoms with Crippen molar-refractivity contribution in [2.75, 3.05) is 11.4 Å². The number of aliphatic hydroxyl groups excluding tert-OH is 1. The molecule has 2 unspecified atom stereocenters. The van der Waals surface area contributed by atoms with Crippen molar-refractivity contribution >= 4 is 5.69 Å². The lowest BCUT2D eigenvalue weighted by atomic mass is 9.94. The van der Waals surface area contributed by atoms with Crippen molar-refractivity contribution in [3.63, 3.8) is 0 Å². The quantitative estimate of drug-likeness (QED) is 0.846. The number of hydrogen-bond acceptors (Lipinski definition) is 2. The minimum Gasteiger partial charge on any atom is -0.389 e. The van der Waals surface area contributed by atoms with Gasteiger partial charge in [0.25, 0.3) is 0 Å². The molecule has 2 heteroatoms. The van der Waals surface area contributed by atoms with Crippen LogP contribution in [0.1, 0.15) is 45.3 Å². The van der Waals surface area contributed by atoms with Crippen LogP contribution in [0.25, 0.3) is 0 Å². The molecule has 0 radical (unpaired) electrons. The van der Waals surface area contributed by atoms with Gasteiger partial charge < -0.3 is 10.0 Å². The zero-order valence-corrected chi connectivity index (χ0v) is 11.1. The molecule has 1 N–H and O–H groups in total. The monoisotopic (exact) mass is 233 g/mol. The number of nitrogens with zero attached hydrogens (tertiary/aromatic N) is 1. The molecule has 1 aromatic carbocycles. The third-order valence-electron chi connectivity index (χ3n) is 3.82. The van der Waals surface area contributed by atoms with Gasteiger partial charge in [-0.05, 0) is 50.3 Å². The first kappa shape index (κ1) is 12.4. The summed E-state index contributed by atoms with van der Waals surface area (Å²) in [6.45, 7) is 7.58. The topological polar surface area (TPSA) is 23.5 Å². The predicted molar refractivity (Wildman–Crippen MR) is 72.3 cm³/mol. The van der Waals surface area contributed by atoms with E-state index in [4.69, 9.17) is 0 Å². The average Bonchev–Trinajstić information content (AvgIpc) is 2.32. The number of aliphatic hydroxyl groups is 1. The van der Waals surface area contributed by atoms with E-state index in [1.165, 1.54) is 18.5 Å². The average molecular weight is 233 g/mol. The zero-order valence-electron chi connectivity index (χ0n) is 11.1. The van der Waals surface area contributed by atoms with Crippen LogP contribution in [0.15, 0.2) is 24.3 Å². The third-order valence-corrected chi connectivity index (χ3v) is 3.82. The van der Waals surface area contributed by atoms with Gasteiger partial charge in [-0.3, -0.25) is 0 Å². The van der Waals surface area contributed by atoms with Gasteiger partial charge in [0.1, 0.15) is 0 Å². The Morgan fingerprint density at radius 2 is 1.82 bits per heavy atom. The van der Waals surface area contributed by atoms with Crippen LogP contribution >= 0.6 is 0 Å². The molecule has 1 saturated heterocycles. The molecule has 1 aliphatic heterocycles. The van der Waals surface area contributed by atoms with Crippen molar-refractivity contribution in [2.24, 2.45) is 5.92 Å². The molecule has 2 rings (SSSR count). The van der Waals surface area contributed by atoms with Crippen molar-refractivity contribution in [2.45, 2.75) is 45.8 Å². The number of benzene rings is 1. The largest absolute Gasteiger partial charge is 0.389 e. The molecule has 17 heavy (non-hydrogen) atoms. The Hall–Kier alpha value is -1.02. The molecule has 1 heterocycles. The summed E-state index contributed by atoms with van der Waals surface area (Å²) < 4.78 is 0. The third kappa shape index (κ3) is 2.81. The van der Waals surface area contributed by atoms with Gasteiger partial charge in [0.2, 0.25) is 0 Å². The molecule has 2 nitrogen and oxygen atoms in total. The summed E-state index contributed by atoms with van der Waals surface area (Å²) in [5.41, 5.74) is 2.28. The Morgan fingerprint density at radius 1 is 1.18 bits per heavy atom. The first-order valence-electron chi connectivity index (χ1n) is 6.62. The number of rotatable bonds is 2. The minimum absolute atomic E-state index is 0.373. The Bertz CT molecular complexity index is 358. The van der Waals surface area contributed by atoms with E-state index in [0.29, 0.717) is 6.04 Å². The Kier molecular flexibility index (Phi) is 3.72. The lowest BCUT2D eigenvalue weighted by Crippen LogP contribution is -2.41. The smallest absolute Gasteiger partial charge is 0.0761 e. The fourth-order valence-corrected chi connectivity index (χ4v) is 2.59. The summed E-state index contributed by atoms with van der Waals surface area (Å²) in [6, 6.07) is 8.97. The van der Waals surface area contributed by atoms with E-state index < -0.39 is 0 Å². The van der Waals surface area contributed by atoms with Crippen LogP contribution in [0.4, 0.5) is 5.69 Å². The normalized spacial score (nSPS) is 26.9. The molecule has 1 fully saturated rings. The summed E-state index contributed by atoms with van der Waals surface area (Å²) in [4.78, 5) is 2.49. The number of piperidine rings is 1. The highest BCUT2D eigenvalue weighted by atomic mass is 16.3. The molecule has 1 aliphatic rings. The second kappa shape index (κ2) is 5.09.